The zero-order valence-electron chi connectivity index (χ0n) is 29.0. The van der Waals surface area contributed by atoms with Crippen molar-refractivity contribution in [1.29, 1.82) is 0 Å². The average Bonchev–Trinajstić information content (AvgIpc) is 3.63. The number of nitrogens with two attached hydrogens (primary N) is 1. The Bertz CT molecular complexity index is 1450. The van der Waals surface area contributed by atoms with Crippen LogP contribution >= 0.6 is 0 Å². The molecule has 8 nitrogen and oxygen atoms in total. The van der Waals surface area contributed by atoms with Gasteiger partial charge in [-0.2, -0.15) is 0 Å². The summed E-state index contributed by atoms with van der Waals surface area (Å²) in [6.07, 6.45) is 18.9. The maximum absolute atomic E-state index is 6.31. The first-order valence-corrected chi connectivity index (χ1v) is 17.7. The SMILES string of the molecule is CCCCCCCCCCCCCCCc1cccc(Oc2ccc(N)cc2OCNC(C)c2nnc3cc(C(C)(C)C)[nH]n23)c1. The fourth-order valence-corrected chi connectivity index (χ4v) is 5.76. The molecule has 0 saturated heterocycles. The van der Waals surface area contributed by atoms with Crippen LogP contribution in [-0.4, -0.2) is 26.5 Å². The normalized spacial score (nSPS) is 12.5. The number of aromatic nitrogens is 4. The average molecular weight is 631 g/mol. The van der Waals surface area contributed by atoms with Gasteiger partial charge in [-0.05, 0) is 49.6 Å². The van der Waals surface area contributed by atoms with Gasteiger partial charge in [0.1, 0.15) is 12.5 Å². The molecule has 252 valence electrons. The first-order valence-electron chi connectivity index (χ1n) is 17.7. The quantitative estimate of drug-likeness (QED) is 0.0481. The van der Waals surface area contributed by atoms with Crippen molar-refractivity contribution in [3.05, 3.63) is 65.6 Å². The van der Waals surface area contributed by atoms with Crippen LogP contribution in [0.15, 0.2) is 48.5 Å². The second-order valence-corrected chi connectivity index (χ2v) is 13.8. The van der Waals surface area contributed by atoms with Crippen molar-refractivity contribution in [2.75, 3.05) is 12.5 Å². The number of hydrogen-bond acceptors (Lipinski definition) is 6. The van der Waals surface area contributed by atoms with E-state index in [1.807, 2.05) is 35.7 Å². The molecule has 2 heterocycles. The van der Waals surface area contributed by atoms with E-state index in [9.17, 15) is 0 Å². The highest BCUT2D eigenvalue weighted by Crippen LogP contribution is 2.34. The molecule has 4 aromatic rings. The van der Waals surface area contributed by atoms with E-state index in [1.165, 1.54) is 89.0 Å². The van der Waals surface area contributed by atoms with E-state index in [2.05, 4.69) is 66.5 Å². The van der Waals surface area contributed by atoms with E-state index in [0.29, 0.717) is 17.2 Å². The fourth-order valence-electron chi connectivity index (χ4n) is 5.76. The molecule has 4 rings (SSSR count). The van der Waals surface area contributed by atoms with Gasteiger partial charge in [0.15, 0.2) is 23.0 Å². The summed E-state index contributed by atoms with van der Waals surface area (Å²) in [6.45, 7) is 11.1. The Morgan fingerprint density at radius 2 is 1.50 bits per heavy atom. The minimum absolute atomic E-state index is 0.00686. The van der Waals surface area contributed by atoms with Crippen LogP contribution in [0.5, 0.6) is 17.2 Å². The molecule has 1 atom stereocenters. The monoisotopic (exact) mass is 630 g/mol. The van der Waals surface area contributed by atoms with Gasteiger partial charge < -0.3 is 15.2 Å². The molecule has 0 amide bonds. The van der Waals surface area contributed by atoms with Gasteiger partial charge in [0.05, 0.1) is 6.04 Å². The van der Waals surface area contributed by atoms with Crippen LogP contribution in [0.25, 0.3) is 5.65 Å². The highest BCUT2D eigenvalue weighted by atomic mass is 16.5. The maximum atomic E-state index is 6.31. The summed E-state index contributed by atoms with van der Waals surface area (Å²) >= 11 is 0. The predicted molar refractivity (Wildman–Crippen MR) is 190 cm³/mol. The lowest BCUT2D eigenvalue weighted by Crippen LogP contribution is -2.25. The molecule has 0 aliphatic heterocycles. The van der Waals surface area contributed by atoms with E-state index in [1.54, 1.807) is 6.07 Å². The van der Waals surface area contributed by atoms with Gasteiger partial charge in [-0.3, -0.25) is 10.4 Å². The van der Waals surface area contributed by atoms with Crippen LogP contribution in [0.1, 0.15) is 141 Å². The molecule has 0 aliphatic rings. The molecule has 1 unspecified atom stereocenters. The Labute approximate surface area is 276 Å². The Morgan fingerprint density at radius 1 is 0.826 bits per heavy atom. The van der Waals surface area contributed by atoms with Gasteiger partial charge in [-0.25, -0.2) is 4.52 Å². The Hall–Kier alpha value is -3.52. The van der Waals surface area contributed by atoms with Crippen LogP contribution in [0.2, 0.25) is 0 Å². The van der Waals surface area contributed by atoms with E-state index in [4.69, 9.17) is 15.2 Å². The number of rotatable bonds is 21. The second kappa shape index (κ2) is 18.0. The number of hydrogen-bond donors (Lipinski definition) is 3. The van der Waals surface area contributed by atoms with E-state index in [-0.39, 0.29) is 18.2 Å². The number of nitrogen functional groups attached to an aromatic ring is 1. The van der Waals surface area contributed by atoms with Gasteiger partial charge in [-0.1, -0.05) is 117 Å². The number of nitrogens with zero attached hydrogens (tertiary/aromatic N) is 3. The van der Waals surface area contributed by atoms with Crippen LogP contribution in [0, 0.1) is 0 Å². The molecular formula is C38H58N6O2. The molecule has 0 radical (unpaired) electrons. The van der Waals surface area contributed by atoms with Gasteiger partial charge >= 0.3 is 0 Å². The topological polar surface area (TPSA) is 102 Å². The summed E-state index contributed by atoms with van der Waals surface area (Å²) < 4.78 is 14.4. The summed E-state index contributed by atoms with van der Waals surface area (Å²) in [4.78, 5) is 0. The first-order chi connectivity index (χ1) is 22.2. The third-order valence-corrected chi connectivity index (χ3v) is 8.69. The molecule has 0 spiro atoms. The van der Waals surface area contributed by atoms with Crippen LogP contribution < -0.4 is 20.5 Å². The summed E-state index contributed by atoms with van der Waals surface area (Å²) in [5.74, 6) is 2.81. The number of nitrogens with one attached hydrogen (secondary N) is 2. The summed E-state index contributed by atoms with van der Waals surface area (Å²) in [7, 11) is 0. The molecular weight excluding hydrogens is 572 g/mol. The highest BCUT2D eigenvalue weighted by molar-refractivity contribution is 5.53. The number of fused-ring (bicyclic) bond motifs is 1. The van der Waals surface area contributed by atoms with E-state index < -0.39 is 0 Å². The first kappa shape index (κ1) is 35.3. The number of aromatic amines is 1. The third-order valence-electron chi connectivity index (χ3n) is 8.69. The molecule has 2 aromatic heterocycles. The molecule has 4 N–H and O–H groups in total. The molecule has 8 heteroatoms. The van der Waals surface area contributed by atoms with Gasteiger partial charge in [0.2, 0.25) is 0 Å². The highest BCUT2D eigenvalue weighted by Gasteiger charge is 2.21. The molecule has 0 fully saturated rings. The molecule has 0 bridgehead atoms. The van der Waals surface area contributed by atoms with Gasteiger partial charge in [0, 0.05) is 28.9 Å². The number of aryl methyl sites for hydroxylation is 1. The largest absolute Gasteiger partial charge is 0.474 e. The number of anilines is 1. The number of benzene rings is 2. The van der Waals surface area contributed by atoms with Gasteiger partial charge in [-0.15, -0.1) is 10.2 Å². The summed E-state index contributed by atoms with van der Waals surface area (Å²) in [6, 6.07) is 15.8. The van der Waals surface area contributed by atoms with Gasteiger partial charge in [0.25, 0.3) is 0 Å². The second-order valence-electron chi connectivity index (χ2n) is 13.8. The third kappa shape index (κ3) is 11.1. The zero-order chi connectivity index (χ0) is 32.8. The standard InChI is InChI=1S/C38H58N6O2/c1-6-7-8-9-10-11-12-13-14-15-16-17-18-20-30-21-19-22-32(25-30)46-33-24-23-31(39)26-34(33)45-28-40-29(2)37-42-41-36-27-35(38(3,4)5)43-44(36)37/h19,21-27,29,40,43H,6-18,20,28,39H2,1-5H3. The number of unbranched alkanes of at least 4 members (excludes halogenated alkanes) is 12. The molecule has 46 heavy (non-hydrogen) atoms. The van der Waals surface area contributed by atoms with E-state index in [0.717, 1.165) is 29.3 Å². The molecule has 0 saturated carbocycles. The molecule has 0 aliphatic carbocycles. The maximum Gasteiger partial charge on any atom is 0.177 e. The van der Waals surface area contributed by atoms with Crippen LogP contribution in [-0.2, 0) is 11.8 Å². The van der Waals surface area contributed by atoms with Crippen molar-refractivity contribution in [2.24, 2.45) is 0 Å². The number of H-pyrrole nitrogens is 1. The minimum Gasteiger partial charge on any atom is -0.474 e. The van der Waals surface area contributed by atoms with Crippen LogP contribution in [0.4, 0.5) is 5.69 Å². The Kier molecular flexibility index (Phi) is 13.8. The minimum atomic E-state index is -0.103. The van der Waals surface area contributed by atoms with E-state index >= 15 is 0 Å². The predicted octanol–water partition coefficient (Wildman–Crippen LogP) is 10.1. The van der Waals surface area contributed by atoms with Crippen molar-refractivity contribution >= 4 is 11.3 Å². The lowest BCUT2D eigenvalue weighted by atomic mass is 9.93. The van der Waals surface area contributed by atoms with Crippen molar-refractivity contribution in [3.63, 3.8) is 0 Å². The Balaban J connectivity index is 1.19. The van der Waals surface area contributed by atoms with Crippen molar-refractivity contribution < 1.29 is 9.47 Å². The number of ether oxygens (including phenoxy) is 2. The van der Waals surface area contributed by atoms with Crippen molar-refractivity contribution in [2.45, 2.75) is 136 Å². The Morgan fingerprint density at radius 3 is 2.17 bits per heavy atom. The summed E-state index contributed by atoms with van der Waals surface area (Å²) in [5.41, 5.74) is 9.93. The zero-order valence-corrected chi connectivity index (χ0v) is 29.0. The fraction of sp³-hybridized carbons (Fsp3) is 0.579. The lowest BCUT2D eigenvalue weighted by Gasteiger charge is -2.17. The van der Waals surface area contributed by atoms with Crippen LogP contribution in [0.3, 0.4) is 0 Å². The lowest BCUT2D eigenvalue weighted by molar-refractivity contribution is 0.255. The molecule has 2 aromatic carbocycles. The van der Waals surface area contributed by atoms with Crippen molar-refractivity contribution in [1.82, 2.24) is 25.1 Å². The summed E-state index contributed by atoms with van der Waals surface area (Å²) in [5, 5.41) is 15.5. The van der Waals surface area contributed by atoms with Crippen molar-refractivity contribution in [3.8, 4) is 17.2 Å². The smallest absolute Gasteiger partial charge is 0.177 e.